The van der Waals surface area contributed by atoms with Crippen LogP contribution < -0.4 is 10.3 Å². The zero-order chi connectivity index (χ0) is 13.7. The van der Waals surface area contributed by atoms with Crippen molar-refractivity contribution in [2.75, 3.05) is 6.61 Å². The van der Waals surface area contributed by atoms with Gasteiger partial charge in [0.05, 0.1) is 6.61 Å². The third kappa shape index (κ3) is 3.23. The predicted molar refractivity (Wildman–Crippen MR) is 73.3 cm³/mol. The molecule has 0 aliphatic rings. The fourth-order valence-electron chi connectivity index (χ4n) is 1.84. The van der Waals surface area contributed by atoms with Crippen LogP contribution in [0.5, 0.6) is 5.75 Å². The van der Waals surface area contributed by atoms with Crippen molar-refractivity contribution in [1.29, 1.82) is 0 Å². The van der Waals surface area contributed by atoms with E-state index in [9.17, 15) is 4.79 Å². The zero-order valence-corrected chi connectivity index (χ0v) is 10.9. The number of benzene rings is 1. The Bertz CT molecular complexity index is 604. The van der Waals surface area contributed by atoms with Gasteiger partial charge in [0, 0.05) is 12.7 Å². The van der Waals surface area contributed by atoms with E-state index in [0.29, 0.717) is 12.4 Å². The van der Waals surface area contributed by atoms with Gasteiger partial charge in [-0.1, -0.05) is 24.3 Å². The van der Waals surface area contributed by atoms with Gasteiger partial charge in [-0.25, -0.2) is 0 Å². The number of hydrogen-bond donors (Lipinski definition) is 1. The van der Waals surface area contributed by atoms with Gasteiger partial charge in [-0.05, 0) is 30.2 Å². The normalized spacial score (nSPS) is 10.4. The first-order chi connectivity index (χ1) is 9.22. The second kappa shape index (κ2) is 6.20. The molecular weight excluding hydrogens is 242 g/mol. The van der Waals surface area contributed by atoms with Crippen molar-refractivity contribution in [2.24, 2.45) is 0 Å². The summed E-state index contributed by atoms with van der Waals surface area (Å²) in [7, 11) is 0. The number of aliphatic hydroxyl groups excluding tert-OH is 1. The maximum absolute atomic E-state index is 12.0. The lowest BCUT2D eigenvalue weighted by molar-refractivity contribution is 0.268. The van der Waals surface area contributed by atoms with E-state index in [1.54, 1.807) is 18.3 Å². The van der Waals surface area contributed by atoms with Gasteiger partial charge in [0.1, 0.15) is 6.61 Å². The van der Waals surface area contributed by atoms with E-state index in [4.69, 9.17) is 9.84 Å². The highest BCUT2D eigenvalue weighted by atomic mass is 16.5. The molecule has 0 saturated carbocycles. The summed E-state index contributed by atoms with van der Waals surface area (Å²) in [6.07, 6.45) is 1.64. The molecule has 0 atom stereocenters. The highest BCUT2D eigenvalue weighted by Crippen LogP contribution is 2.10. The summed E-state index contributed by atoms with van der Waals surface area (Å²) in [6.45, 7) is 2.58. The first-order valence-electron chi connectivity index (χ1n) is 6.20. The lowest BCUT2D eigenvalue weighted by Gasteiger charge is -2.10. The summed E-state index contributed by atoms with van der Waals surface area (Å²) in [5, 5.41) is 8.88. The highest BCUT2D eigenvalue weighted by Gasteiger charge is 2.05. The van der Waals surface area contributed by atoms with Crippen molar-refractivity contribution in [3.8, 4) is 5.75 Å². The Morgan fingerprint density at radius 2 is 2.00 bits per heavy atom. The van der Waals surface area contributed by atoms with E-state index < -0.39 is 0 Å². The average molecular weight is 259 g/mol. The summed E-state index contributed by atoms with van der Waals surface area (Å²) in [6, 6.07) is 11.3. The van der Waals surface area contributed by atoms with Crippen molar-refractivity contribution < 1.29 is 9.84 Å². The fraction of sp³-hybridized carbons (Fsp3) is 0.267. The largest absolute Gasteiger partial charge is 0.483 e. The highest BCUT2D eigenvalue weighted by molar-refractivity contribution is 5.26. The number of hydrogen-bond acceptors (Lipinski definition) is 3. The monoisotopic (exact) mass is 259 g/mol. The molecule has 0 bridgehead atoms. The van der Waals surface area contributed by atoms with Gasteiger partial charge in [0.2, 0.25) is 0 Å². The summed E-state index contributed by atoms with van der Waals surface area (Å²) in [4.78, 5) is 12.0. The van der Waals surface area contributed by atoms with Crippen molar-refractivity contribution in [3.63, 3.8) is 0 Å². The first-order valence-corrected chi connectivity index (χ1v) is 6.20. The Labute approximate surface area is 111 Å². The number of aliphatic hydroxyl groups is 1. The van der Waals surface area contributed by atoms with E-state index in [0.717, 1.165) is 11.1 Å². The van der Waals surface area contributed by atoms with Crippen molar-refractivity contribution in [1.82, 2.24) is 4.57 Å². The van der Waals surface area contributed by atoms with E-state index in [1.165, 1.54) is 4.57 Å². The van der Waals surface area contributed by atoms with Gasteiger partial charge >= 0.3 is 0 Å². The number of aryl methyl sites for hydroxylation is 1. The summed E-state index contributed by atoms with van der Waals surface area (Å²) in [5.41, 5.74) is 1.97. The van der Waals surface area contributed by atoms with Crippen LogP contribution >= 0.6 is 0 Å². The molecule has 1 heterocycles. The molecule has 0 aliphatic carbocycles. The molecule has 0 spiro atoms. The van der Waals surface area contributed by atoms with Gasteiger partial charge in [-0.3, -0.25) is 4.79 Å². The van der Waals surface area contributed by atoms with Crippen molar-refractivity contribution >= 4 is 0 Å². The smallest absolute Gasteiger partial charge is 0.292 e. The van der Waals surface area contributed by atoms with Crippen LogP contribution in [0.15, 0.2) is 47.4 Å². The third-order valence-electron chi connectivity index (χ3n) is 2.97. The Balaban J connectivity index is 2.14. The minimum Gasteiger partial charge on any atom is -0.483 e. The zero-order valence-electron chi connectivity index (χ0n) is 10.9. The van der Waals surface area contributed by atoms with E-state index in [2.05, 4.69) is 0 Å². The van der Waals surface area contributed by atoms with E-state index in [-0.39, 0.29) is 18.7 Å². The second-order valence-corrected chi connectivity index (χ2v) is 4.31. The molecule has 2 aromatic rings. The molecule has 100 valence electrons. The maximum Gasteiger partial charge on any atom is 0.292 e. The molecule has 0 radical (unpaired) electrons. The third-order valence-corrected chi connectivity index (χ3v) is 2.97. The van der Waals surface area contributed by atoms with Crippen LogP contribution in [0.2, 0.25) is 0 Å². The second-order valence-electron chi connectivity index (χ2n) is 4.31. The Hall–Kier alpha value is -2.07. The molecule has 4 nitrogen and oxygen atoms in total. The average Bonchev–Trinajstić information content (AvgIpc) is 2.42. The summed E-state index contributed by atoms with van der Waals surface area (Å²) >= 11 is 0. The van der Waals surface area contributed by atoms with Crippen LogP contribution in [0.4, 0.5) is 0 Å². The molecule has 1 N–H and O–H groups in total. The van der Waals surface area contributed by atoms with Gasteiger partial charge in [0.25, 0.3) is 5.56 Å². The SMILES string of the molecule is Cc1ccccc1COc1cccn(CCO)c1=O. The van der Waals surface area contributed by atoms with Crippen LogP contribution in [-0.4, -0.2) is 16.3 Å². The minimum atomic E-state index is -0.217. The molecule has 4 heteroatoms. The molecule has 1 aromatic heterocycles. The lowest BCUT2D eigenvalue weighted by atomic mass is 10.1. The number of ether oxygens (including phenoxy) is 1. The summed E-state index contributed by atoms with van der Waals surface area (Å²) < 4.78 is 7.01. The summed E-state index contributed by atoms with van der Waals surface area (Å²) in [5.74, 6) is 0.305. The topological polar surface area (TPSA) is 51.5 Å². The van der Waals surface area contributed by atoms with Gasteiger partial charge in [0.15, 0.2) is 5.75 Å². The van der Waals surface area contributed by atoms with Gasteiger partial charge in [-0.15, -0.1) is 0 Å². The van der Waals surface area contributed by atoms with Gasteiger partial charge in [-0.2, -0.15) is 0 Å². The van der Waals surface area contributed by atoms with Crippen molar-refractivity contribution in [2.45, 2.75) is 20.1 Å². The van der Waals surface area contributed by atoms with Crippen LogP contribution in [0.25, 0.3) is 0 Å². The lowest BCUT2D eigenvalue weighted by Crippen LogP contribution is -2.22. The number of aromatic nitrogens is 1. The number of pyridine rings is 1. The van der Waals surface area contributed by atoms with E-state index in [1.807, 2.05) is 31.2 Å². The Kier molecular flexibility index (Phi) is 4.36. The molecular formula is C15H17NO3. The molecule has 1 aromatic carbocycles. The molecule has 0 unspecified atom stereocenters. The quantitative estimate of drug-likeness (QED) is 0.889. The fourth-order valence-corrected chi connectivity index (χ4v) is 1.84. The molecule has 19 heavy (non-hydrogen) atoms. The predicted octanol–water partition coefficient (Wildman–Crippen LogP) is 1.73. The minimum absolute atomic E-state index is 0.0683. The Morgan fingerprint density at radius 1 is 1.21 bits per heavy atom. The molecule has 0 fully saturated rings. The number of rotatable bonds is 5. The van der Waals surface area contributed by atoms with Crippen LogP contribution in [-0.2, 0) is 13.2 Å². The standard InChI is InChI=1S/C15H17NO3/c1-12-5-2-3-6-13(12)11-19-14-7-4-8-16(9-10-17)15(14)18/h2-8,17H,9-11H2,1H3. The number of nitrogens with zero attached hydrogens (tertiary/aromatic N) is 1. The molecule has 0 aliphatic heterocycles. The van der Waals surface area contributed by atoms with Crippen LogP contribution in [0.1, 0.15) is 11.1 Å². The molecule has 0 saturated heterocycles. The van der Waals surface area contributed by atoms with E-state index >= 15 is 0 Å². The first kappa shape index (κ1) is 13.4. The van der Waals surface area contributed by atoms with Crippen LogP contribution in [0, 0.1) is 6.92 Å². The molecule has 0 amide bonds. The van der Waals surface area contributed by atoms with Crippen molar-refractivity contribution in [3.05, 3.63) is 64.1 Å². The molecule has 2 rings (SSSR count). The van der Waals surface area contributed by atoms with Crippen LogP contribution in [0.3, 0.4) is 0 Å². The van der Waals surface area contributed by atoms with Gasteiger partial charge < -0.3 is 14.4 Å². The maximum atomic E-state index is 12.0. The Morgan fingerprint density at radius 3 is 2.74 bits per heavy atom.